The molecule has 0 aromatic carbocycles. The molecule has 0 unspecified atom stereocenters. The van der Waals surface area contributed by atoms with E-state index in [4.69, 9.17) is 0 Å². The topological polar surface area (TPSA) is 40.6 Å². The van der Waals surface area contributed by atoms with E-state index in [1.165, 1.54) is 0 Å². The largest absolute Gasteiger partial charge is 0.342 e. The number of hydrogen-bond donors (Lipinski definition) is 0. The maximum Gasteiger partial charge on any atom is 0.236 e. The molecule has 0 aromatic rings. The molecular weight excluding hydrogens is 228 g/mol. The standard InChI is InChI=1S/C14H26N2O2/c1-3-7-16(8-4-2)14(18)11-15-9-5-13(12-17)6-10-15/h12-13H,3-11H2,1-2H3. The third kappa shape index (κ3) is 4.77. The lowest BCUT2D eigenvalue weighted by Crippen LogP contribution is -2.44. The highest BCUT2D eigenvalue weighted by Crippen LogP contribution is 2.14. The zero-order chi connectivity index (χ0) is 13.4. The summed E-state index contributed by atoms with van der Waals surface area (Å²) >= 11 is 0. The van der Waals surface area contributed by atoms with Gasteiger partial charge in [-0.25, -0.2) is 0 Å². The fraction of sp³-hybridized carbons (Fsp3) is 0.857. The Morgan fingerprint density at radius 3 is 2.22 bits per heavy atom. The Hall–Kier alpha value is -0.900. The van der Waals surface area contributed by atoms with Crippen LogP contribution in [0.25, 0.3) is 0 Å². The summed E-state index contributed by atoms with van der Waals surface area (Å²) in [6, 6.07) is 0. The molecule has 0 spiro atoms. The van der Waals surface area contributed by atoms with Gasteiger partial charge in [0.2, 0.25) is 5.91 Å². The SMILES string of the molecule is CCCN(CCC)C(=O)CN1CCC(C=O)CC1. The summed E-state index contributed by atoms with van der Waals surface area (Å²) in [6.07, 6.45) is 4.88. The molecule has 1 aliphatic rings. The summed E-state index contributed by atoms with van der Waals surface area (Å²) in [5.41, 5.74) is 0. The van der Waals surface area contributed by atoms with Gasteiger partial charge in [-0.3, -0.25) is 9.69 Å². The Morgan fingerprint density at radius 2 is 1.78 bits per heavy atom. The molecule has 1 amide bonds. The maximum atomic E-state index is 12.2. The van der Waals surface area contributed by atoms with Crippen LogP contribution in [-0.2, 0) is 9.59 Å². The van der Waals surface area contributed by atoms with Crippen LogP contribution < -0.4 is 0 Å². The van der Waals surface area contributed by atoms with Gasteiger partial charge in [-0.1, -0.05) is 13.8 Å². The molecule has 0 radical (unpaired) electrons. The first kappa shape index (κ1) is 15.2. The van der Waals surface area contributed by atoms with Crippen molar-refractivity contribution in [3.05, 3.63) is 0 Å². The van der Waals surface area contributed by atoms with Crippen LogP contribution in [0.4, 0.5) is 0 Å². The van der Waals surface area contributed by atoms with Gasteiger partial charge >= 0.3 is 0 Å². The summed E-state index contributed by atoms with van der Waals surface area (Å²) in [5.74, 6) is 0.446. The number of carbonyl (C=O) groups is 2. The van der Waals surface area contributed by atoms with Gasteiger partial charge in [0, 0.05) is 19.0 Å². The second kappa shape index (κ2) is 8.25. The molecule has 18 heavy (non-hydrogen) atoms. The number of piperidine rings is 1. The molecule has 1 saturated heterocycles. The van der Waals surface area contributed by atoms with Gasteiger partial charge in [-0.15, -0.1) is 0 Å². The highest BCUT2D eigenvalue weighted by atomic mass is 16.2. The lowest BCUT2D eigenvalue weighted by molar-refractivity contribution is -0.132. The Morgan fingerprint density at radius 1 is 1.22 bits per heavy atom. The van der Waals surface area contributed by atoms with Crippen LogP contribution >= 0.6 is 0 Å². The molecule has 0 N–H and O–H groups in total. The zero-order valence-electron chi connectivity index (χ0n) is 11.7. The van der Waals surface area contributed by atoms with E-state index in [2.05, 4.69) is 18.7 Å². The van der Waals surface area contributed by atoms with E-state index in [0.29, 0.717) is 6.54 Å². The van der Waals surface area contributed by atoms with Crippen molar-refractivity contribution in [3.63, 3.8) is 0 Å². The van der Waals surface area contributed by atoms with Crippen molar-refractivity contribution in [1.29, 1.82) is 0 Å². The Kier molecular flexibility index (Phi) is 6.94. The lowest BCUT2D eigenvalue weighted by Gasteiger charge is -2.31. The highest BCUT2D eigenvalue weighted by Gasteiger charge is 2.22. The average Bonchev–Trinajstić information content (AvgIpc) is 2.39. The third-order valence-corrected chi connectivity index (χ3v) is 3.52. The molecule has 104 valence electrons. The predicted octanol–water partition coefficient (Wildman–Crippen LogP) is 1.55. The van der Waals surface area contributed by atoms with Crippen molar-refractivity contribution >= 4 is 12.2 Å². The van der Waals surface area contributed by atoms with Crippen LogP contribution in [0, 0.1) is 5.92 Å². The molecular formula is C14H26N2O2. The summed E-state index contributed by atoms with van der Waals surface area (Å²) in [7, 11) is 0. The Balaban J connectivity index is 2.36. The molecule has 1 heterocycles. The van der Waals surface area contributed by atoms with Crippen molar-refractivity contribution in [2.75, 3.05) is 32.7 Å². The smallest absolute Gasteiger partial charge is 0.236 e. The molecule has 0 aromatic heterocycles. The average molecular weight is 254 g/mol. The van der Waals surface area contributed by atoms with Crippen molar-refractivity contribution < 1.29 is 9.59 Å². The number of aldehydes is 1. The van der Waals surface area contributed by atoms with Crippen molar-refractivity contribution in [1.82, 2.24) is 9.80 Å². The quantitative estimate of drug-likeness (QED) is 0.647. The second-order valence-corrected chi connectivity index (χ2v) is 5.13. The third-order valence-electron chi connectivity index (χ3n) is 3.52. The van der Waals surface area contributed by atoms with Crippen molar-refractivity contribution in [2.45, 2.75) is 39.5 Å². The zero-order valence-corrected chi connectivity index (χ0v) is 11.7. The van der Waals surface area contributed by atoms with E-state index in [9.17, 15) is 9.59 Å². The molecule has 4 nitrogen and oxygen atoms in total. The maximum absolute atomic E-state index is 12.2. The molecule has 0 bridgehead atoms. The minimum atomic E-state index is 0.207. The number of nitrogens with zero attached hydrogens (tertiary/aromatic N) is 2. The van der Waals surface area contributed by atoms with Crippen molar-refractivity contribution in [2.24, 2.45) is 5.92 Å². The number of hydrogen-bond acceptors (Lipinski definition) is 3. The minimum absolute atomic E-state index is 0.207. The van der Waals surface area contributed by atoms with Gasteiger partial charge in [-0.05, 0) is 38.8 Å². The predicted molar refractivity (Wildman–Crippen MR) is 72.4 cm³/mol. The van der Waals surface area contributed by atoms with E-state index >= 15 is 0 Å². The molecule has 0 aliphatic carbocycles. The Bertz CT molecular complexity index is 255. The van der Waals surface area contributed by atoms with Gasteiger partial charge < -0.3 is 9.69 Å². The minimum Gasteiger partial charge on any atom is -0.342 e. The van der Waals surface area contributed by atoms with Crippen LogP contribution in [0.1, 0.15) is 39.5 Å². The van der Waals surface area contributed by atoms with E-state index in [0.717, 1.165) is 58.1 Å². The van der Waals surface area contributed by atoms with Crippen LogP contribution in [0.2, 0.25) is 0 Å². The first-order valence-corrected chi connectivity index (χ1v) is 7.16. The summed E-state index contributed by atoms with van der Waals surface area (Å²) in [4.78, 5) is 27.0. The van der Waals surface area contributed by atoms with Crippen molar-refractivity contribution in [3.8, 4) is 0 Å². The number of rotatable bonds is 7. The second-order valence-electron chi connectivity index (χ2n) is 5.13. The highest BCUT2D eigenvalue weighted by molar-refractivity contribution is 5.78. The summed E-state index contributed by atoms with van der Waals surface area (Å²) in [5, 5.41) is 0. The van der Waals surface area contributed by atoms with Crippen LogP contribution in [0.3, 0.4) is 0 Å². The molecule has 0 saturated carbocycles. The molecule has 4 heteroatoms. The fourth-order valence-corrected chi connectivity index (χ4v) is 2.44. The Labute approximate surface area is 110 Å². The van der Waals surface area contributed by atoms with Gasteiger partial charge in [-0.2, -0.15) is 0 Å². The monoisotopic (exact) mass is 254 g/mol. The fourth-order valence-electron chi connectivity index (χ4n) is 2.44. The van der Waals surface area contributed by atoms with Gasteiger partial charge in [0.15, 0.2) is 0 Å². The normalized spacial score (nSPS) is 17.7. The number of amides is 1. The van der Waals surface area contributed by atoms with Gasteiger partial charge in [0.1, 0.15) is 6.29 Å². The molecule has 1 aliphatic heterocycles. The van der Waals surface area contributed by atoms with Gasteiger partial charge in [0.05, 0.1) is 6.54 Å². The molecule has 1 fully saturated rings. The van der Waals surface area contributed by atoms with E-state index in [1.807, 2.05) is 4.90 Å². The first-order valence-electron chi connectivity index (χ1n) is 7.16. The number of carbonyl (C=O) groups excluding carboxylic acids is 2. The summed E-state index contributed by atoms with van der Waals surface area (Å²) < 4.78 is 0. The van der Waals surface area contributed by atoms with E-state index < -0.39 is 0 Å². The van der Waals surface area contributed by atoms with Crippen LogP contribution in [-0.4, -0.2) is 54.7 Å². The summed E-state index contributed by atoms with van der Waals surface area (Å²) in [6.45, 7) is 8.19. The van der Waals surface area contributed by atoms with Crippen LogP contribution in [0.5, 0.6) is 0 Å². The number of likely N-dealkylation sites (tertiary alicyclic amines) is 1. The van der Waals surface area contributed by atoms with E-state index in [-0.39, 0.29) is 11.8 Å². The molecule has 0 atom stereocenters. The lowest BCUT2D eigenvalue weighted by atomic mass is 9.99. The van der Waals surface area contributed by atoms with Crippen LogP contribution in [0.15, 0.2) is 0 Å². The first-order chi connectivity index (χ1) is 8.71. The molecule has 1 rings (SSSR count). The van der Waals surface area contributed by atoms with E-state index in [1.54, 1.807) is 0 Å². The van der Waals surface area contributed by atoms with Gasteiger partial charge in [0.25, 0.3) is 0 Å².